The largest absolute Gasteiger partial charge is 0.290 e. The molecule has 1 aliphatic rings. The van der Waals surface area contributed by atoms with Crippen molar-refractivity contribution in [3.63, 3.8) is 0 Å². The van der Waals surface area contributed by atoms with Crippen LogP contribution in [0.25, 0.3) is 0 Å². The topological polar surface area (TPSA) is 77.0 Å². The van der Waals surface area contributed by atoms with Crippen LogP contribution in [0.4, 0.5) is 0 Å². The van der Waals surface area contributed by atoms with Gasteiger partial charge in [0.2, 0.25) is 14.4 Å². The fourth-order valence-corrected chi connectivity index (χ4v) is 2.61. The maximum Gasteiger partial charge on any atom is 0.219 e. The first-order chi connectivity index (χ1) is 7.75. The molecule has 0 amide bonds. The van der Waals surface area contributed by atoms with E-state index in [2.05, 4.69) is 20.2 Å². The number of hydrogen-bond donors (Lipinski definition) is 0. The zero-order valence-corrected chi connectivity index (χ0v) is 12.2. The minimum atomic E-state index is -2.30. The third-order valence-electron chi connectivity index (χ3n) is 2.00. The molecule has 0 radical (unpaired) electrons. The van der Waals surface area contributed by atoms with Gasteiger partial charge in [-0.3, -0.25) is 4.79 Å². The molecule has 0 aromatic carbocycles. The van der Waals surface area contributed by atoms with Gasteiger partial charge < -0.3 is 0 Å². The molecule has 0 aliphatic heterocycles. The minimum Gasteiger partial charge on any atom is -0.290 e. The molecule has 0 bridgehead atoms. The van der Waals surface area contributed by atoms with Crippen LogP contribution in [0.5, 0.6) is 0 Å². The van der Waals surface area contributed by atoms with Gasteiger partial charge in [0.1, 0.15) is 23.4 Å². The van der Waals surface area contributed by atoms with Crippen molar-refractivity contribution in [1.29, 1.82) is 10.5 Å². The third-order valence-corrected chi connectivity index (χ3v) is 4.58. The molecule has 4 nitrogen and oxygen atoms in total. The summed E-state index contributed by atoms with van der Waals surface area (Å²) in [6.07, 6.45) is 0. The van der Waals surface area contributed by atoms with Crippen LogP contribution in [0.15, 0.2) is 15.2 Å². The quantitative estimate of drug-likeness (QED) is 0.610. The molecule has 0 unspecified atom stereocenters. The molecule has 0 aromatic rings. The predicted molar refractivity (Wildman–Crippen MR) is 68.5 cm³/mol. The van der Waals surface area contributed by atoms with Gasteiger partial charge in [0.05, 0.1) is 21.7 Å². The molecule has 0 aromatic heterocycles. The van der Waals surface area contributed by atoms with E-state index in [0.717, 1.165) is 0 Å². The lowest BCUT2D eigenvalue weighted by molar-refractivity contribution is -0.115. The second-order valence-electron chi connectivity index (χ2n) is 2.88. The van der Waals surface area contributed by atoms with Gasteiger partial charge in [-0.1, -0.05) is 46.4 Å². The van der Waals surface area contributed by atoms with E-state index in [4.69, 9.17) is 56.9 Å². The number of hydrogen-bond acceptors (Lipinski definition) is 4. The molecule has 0 N–H and O–H groups in total. The second-order valence-corrected chi connectivity index (χ2v) is 5.89. The molecule has 0 atom stereocenters. The van der Waals surface area contributed by atoms with E-state index < -0.39 is 20.0 Å². The highest BCUT2D eigenvalue weighted by atomic mass is 79.9. The second kappa shape index (κ2) is 4.76. The van der Waals surface area contributed by atoms with Gasteiger partial charge >= 0.3 is 0 Å². The molecule has 0 spiro atoms. The van der Waals surface area contributed by atoms with Crippen molar-refractivity contribution in [1.82, 2.24) is 0 Å². The summed E-state index contributed by atoms with van der Waals surface area (Å²) >= 11 is 25.9. The molecular formula is C8BrCl4N3O. The Bertz CT molecular complexity index is 538. The number of nitriles is 2. The fourth-order valence-electron chi connectivity index (χ4n) is 1.15. The van der Waals surface area contributed by atoms with Crippen molar-refractivity contribution in [3.05, 3.63) is 11.1 Å². The van der Waals surface area contributed by atoms with Crippen LogP contribution in [0, 0.1) is 22.7 Å². The summed E-state index contributed by atoms with van der Waals surface area (Å²) in [5.74, 6) is -1.04. The highest BCUT2D eigenvalue weighted by Gasteiger charge is 2.61. The van der Waals surface area contributed by atoms with Crippen molar-refractivity contribution in [2.45, 2.75) is 8.67 Å². The highest BCUT2D eigenvalue weighted by molar-refractivity contribution is 9.08. The van der Waals surface area contributed by atoms with Gasteiger partial charge in [0, 0.05) is 0 Å². The van der Waals surface area contributed by atoms with Gasteiger partial charge in [-0.05, 0) is 0 Å². The number of carbonyl (C=O) groups excluding carboxylic acids is 1. The van der Waals surface area contributed by atoms with E-state index >= 15 is 0 Å². The summed E-state index contributed by atoms with van der Waals surface area (Å²) in [6, 6.07) is 3.15. The Morgan fingerprint density at radius 2 is 1.53 bits per heavy atom. The van der Waals surface area contributed by atoms with Crippen LogP contribution in [0.3, 0.4) is 0 Å². The first kappa shape index (κ1) is 14.8. The Kier molecular flexibility index (Phi) is 4.13. The molecule has 1 aliphatic carbocycles. The number of ketones is 1. The average molecular weight is 376 g/mol. The summed E-state index contributed by atoms with van der Waals surface area (Å²) in [6.45, 7) is 0. The minimum absolute atomic E-state index is 0.288. The van der Waals surface area contributed by atoms with E-state index in [-0.39, 0.29) is 11.3 Å². The number of nitrogens with zero attached hydrogens (tertiary/aromatic N) is 3. The number of rotatable bonds is 0. The van der Waals surface area contributed by atoms with Crippen molar-refractivity contribution in [3.8, 4) is 12.1 Å². The van der Waals surface area contributed by atoms with Crippen molar-refractivity contribution >= 4 is 74.0 Å². The number of Topliss-reactive ketones (excluding diaryl/α,β-unsaturated/α-hetero) is 1. The van der Waals surface area contributed by atoms with Crippen LogP contribution < -0.4 is 0 Å². The van der Waals surface area contributed by atoms with Gasteiger partial charge in [-0.25, -0.2) is 4.02 Å². The molecule has 0 saturated carbocycles. The van der Waals surface area contributed by atoms with Crippen LogP contribution >= 0.6 is 62.6 Å². The van der Waals surface area contributed by atoms with E-state index in [1.54, 1.807) is 6.07 Å². The predicted octanol–water partition coefficient (Wildman–Crippen LogP) is 3.01. The van der Waals surface area contributed by atoms with Gasteiger partial charge in [0.25, 0.3) is 0 Å². The summed E-state index contributed by atoms with van der Waals surface area (Å²) in [4.78, 5) is 11.8. The average Bonchev–Trinajstić information content (AvgIpc) is 2.26. The third kappa shape index (κ3) is 1.97. The maximum absolute atomic E-state index is 11.8. The Morgan fingerprint density at radius 1 is 1.06 bits per heavy atom. The molecule has 88 valence electrons. The standard InChI is InChI=1S/C8BrCl4N3O/c9-16-5-3(1-14)4(2-15)6(17)8(12,13)7(5,10)11. The number of allylic oxidation sites excluding steroid dienone is 2. The van der Waals surface area contributed by atoms with Gasteiger partial charge in [0.15, 0.2) is 0 Å². The zero-order valence-electron chi connectivity index (χ0n) is 7.64. The lowest BCUT2D eigenvalue weighted by Gasteiger charge is -2.35. The Balaban J connectivity index is 3.76. The Morgan fingerprint density at radius 3 is 1.88 bits per heavy atom. The SMILES string of the molecule is N#CC1=C(C#N)C(=NBr)C(Cl)(Cl)C(Cl)(Cl)C1=O. The van der Waals surface area contributed by atoms with Crippen LogP contribution in [0.2, 0.25) is 0 Å². The summed E-state index contributed by atoms with van der Waals surface area (Å²) in [5, 5.41) is 17.7. The molecule has 0 heterocycles. The zero-order chi connectivity index (χ0) is 13.4. The number of halogens is 5. The monoisotopic (exact) mass is 373 g/mol. The summed E-state index contributed by atoms with van der Waals surface area (Å²) in [5.41, 5.74) is -1.19. The van der Waals surface area contributed by atoms with Crippen molar-refractivity contribution < 1.29 is 4.79 Å². The smallest absolute Gasteiger partial charge is 0.219 e. The van der Waals surface area contributed by atoms with Crippen molar-refractivity contribution in [2.24, 2.45) is 4.02 Å². The van der Waals surface area contributed by atoms with Crippen molar-refractivity contribution in [2.75, 3.05) is 0 Å². The molecule has 9 heteroatoms. The molecule has 1 rings (SSSR count). The van der Waals surface area contributed by atoms with Crippen LogP contribution in [-0.4, -0.2) is 20.2 Å². The van der Waals surface area contributed by atoms with Gasteiger partial charge in [-0.15, -0.1) is 0 Å². The van der Waals surface area contributed by atoms with E-state index in [1.807, 2.05) is 0 Å². The lowest BCUT2D eigenvalue weighted by Crippen LogP contribution is -2.53. The fraction of sp³-hybridized carbons (Fsp3) is 0.250. The Labute approximate surface area is 125 Å². The van der Waals surface area contributed by atoms with Gasteiger partial charge in [-0.2, -0.15) is 10.5 Å². The summed E-state index contributed by atoms with van der Waals surface area (Å²) < 4.78 is -0.941. The van der Waals surface area contributed by atoms with E-state index in [0.29, 0.717) is 0 Å². The first-order valence-electron chi connectivity index (χ1n) is 3.80. The number of alkyl halides is 4. The molecule has 17 heavy (non-hydrogen) atoms. The number of carbonyl (C=O) groups is 1. The maximum atomic E-state index is 11.8. The summed E-state index contributed by atoms with van der Waals surface area (Å²) in [7, 11) is 0. The normalized spacial score (nSPS) is 24.4. The first-order valence-corrected chi connectivity index (χ1v) is 6.02. The van der Waals surface area contributed by atoms with E-state index in [9.17, 15) is 4.79 Å². The van der Waals surface area contributed by atoms with Crippen LogP contribution in [-0.2, 0) is 4.79 Å². The van der Waals surface area contributed by atoms with E-state index in [1.165, 1.54) is 6.07 Å². The highest BCUT2D eigenvalue weighted by Crippen LogP contribution is 2.50. The van der Waals surface area contributed by atoms with Crippen LogP contribution in [0.1, 0.15) is 0 Å². The molecule has 0 fully saturated rings. The molecule has 0 saturated heterocycles. The lowest BCUT2D eigenvalue weighted by atomic mass is 9.88. The molecular weight excluding hydrogens is 376 g/mol. The Hall–Kier alpha value is -0.300.